The third kappa shape index (κ3) is 2.85. The molecule has 114 valence electrons. The highest BCUT2D eigenvalue weighted by atomic mass is 32.1. The number of benzene rings is 1. The second-order valence-corrected chi connectivity index (χ2v) is 6.23. The van der Waals surface area contributed by atoms with Crippen LogP contribution in [-0.2, 0) is 4.79 Å². The highest BCUT2D eigenvalue weighted by Crippen LogP contribution is 2.33. The van der Waals surface area contributed by atoms with Gasteiger partial charge in [0.2, 0.25) is 0 Å². The lowest BCUT2D eigenvalue weighted by atomic mass is 10.1. The molecule has 2 aromatic heterocycles. The van der Waals surface area contributed by atoms with Crippen LogP contribution in [0.4, 0.5) is 5.69 Å². The minimum Gasteiger partial charge on any atom is -0.320 e. The number of thiophene rings is 1. The number of amides is 1. The molecule has 0 bridgehead atoms. The molecule has 0 saturated heterocycles. The highest BCUT2D eigenvalue weighted by molar-refractivity contribution is 7.11. The van der Waals surface area contributed by atoms with Gasteiger partial charge in [0, 0.05) is 33.1 Å². The van der Waals surface area contributed by atoms with Crippen LogP contribution in [0.15, 0.2) is 60.2 Å². The quantitative estimate of drug-likeness (QED) is 0.541. The Morgan fingerprint density at radius 1 is 1.08 bits per heavy atom. The molecule has 0 aliphatic carbocycles. The first-order valence-electron chi connectivity index (χ1n) is 7.43. The van der Waals surface area contributed by atoms with Gasteiger partial charge >= 0.3 is 0 Å². The average Bonchev–Trinajstić information content (AvgIpc) is 3.19. The third-order valence-corrected chi connectivity index (χ3v) is 4.52. The van der Waals surface area contributed by atoms with Crippen LogP contribution in [0.25, 0.3) is 11.6 Å². The van der Waals surface area contributed by atoms with E-state index in [4.69, 9.17) is 0 Å². The van der Waals surface area contributed by atoms with Gasteiger partial charge in [-0.25, -0.2) is 0 Å². The second kappa shape index (κ2) is 6.15. The van der Waals surface area contributed by atoms with Gasteiger partial charge in [-0.2, -0.15) is 0 Å². The summed E-state index contributed by atoms with van der Waals surface area (Å²) in [6.45, 7) is 0. The number of hydrogen-bond acceptors (Lipinski definition) is 3. The maximum Gasteiger partial charge on any atom is 0.256 e. The number of fused-ring (bicyclic) bond motifs is 1. The number of nitrogens with one attached hydrogen (secondary N) is 1. The van der Waals surface area contributed by atoms with E-state index >= 15 is 0 Å². The molecule has 0 radical (unpaired) electrons. The summed E-state index contributed by atoms with van der Waals surface area (Å²) < 4.78 is 0. The molecule has 0 saturated carbocycles. The molecule has 3 aromatic rings. The molecular formula is C20H12N2OS. The van der Waals surface area contributed by atoms with Crippen LogP contribution in [-0.4, -0.2) is 10.9 Å². The Hall–Kier alpha value is -3.16. The smallest absolute Gasteiger partial charge is 0.256 e. The molecule has 0 fully saturated rings. The molecule has 1 aromatic carbocycles. The predicted molar refractivity (Wildman–Crippen MR) is 97.5 cm³/mol. The maximum atomic E-state index is 12.1. The SMILES string of the molecule is O=C1Nc2cnccc2C1=Cc1cc(C#Cc2ccccc2)cs1. The zero-order valence-electron chi connectivity index (χ0n) is 12.6. The lowest BCUT2D eigenvalue weighted by molar-refractivity contribution is -0.110. The fourth-order valence-electron chi connectivity index (χ4n) is 2.49. The number of pyridine rings is 1. The van der Waals surface area contributed by atoms with Gasteiger partial charge in [-0.1, -0.05) is 30.0 Å². The number of carbonyl (C=O) groups excluding carboxylic acids is 1. The summed E-state index contributed by atoms with van der Waals surface area (Å²) in [6.07, 6.45) is 5.26. The van der Waals surface area contributed by atoms with Crippen molar-refractivity contribution in [3.05, 3.63) is 81.8 Å². The van der Waals surface area contributed by atoms with E-state index in [-0.39, 0.29) is 5.91 Å². The number of aromatic nitrogens is 1. The van der Waals surface area contributed by atoms with Crippen molar-refractivity contribution in [3.8, 4) is 11.8 Å². The van der Waals surface area contributed by atoms with Gasteiger partial charge in [0.25, 0.3) is 5.91 Å². The summed E-state index contributed by atoms with van der Waals surface area (Å²) in [5.41, 5.74) is 4.25. The van der Waals surface area contributed by atoms with Crippen LogP contribution in [0.1, 0.15) is 21.6 Å². The second-order valence-electron chi connectivity index (χ2n) is 5.29. The van der Waals surface area contributed by atoms with E-state index in [9.17, 15) is 4.79 Å². The molecule has 4 heteroatoms. The Morgan fingerprint density at radius 2 is 1.92 bits per heavy atom. The molecule has 1 aliphatic heterocycles. The molecule has 0 spiro atoms. The summed E-state index contributed by atoms with van der Waals surface area (Å²) in [5.74, 6) is 6.20. The lowest BCUT2D eigenvalue weighted by Crippen LogP contribution is -2.03. The molecular weight excluding hydrogens is 316 g/mol. The first kappa shape index (κ1) is 14.4. The number of nitrogens with zero attached hydrogens (tertiary/aromatic N) is 1. The predicted octanol–water partition coefficient (Wildman–Crippen LogP) is 4.04. The van der Waals surface area contributed by atoms with Crippen LogP contribution in [0.3, 0.4) is 0 Å². The maximum absolute atomic E-state index is 12.1. The topological polar surface area (TPSA) is 42.0 Å². The Morgan fingerprint density at radius 3 is 2.79 bits per heavy atom. The van der Waals surface area contributed by atoms with Crippen molar-refractivity contribution in [2.75, 3.05) is 5.32 Å². The van der Waals surface area contributed by atoms with Gasteiger partial charge < -0.3 is 5.32 Å². The average molecular weight is 328 g/mol. The Balaban J connectivity index is 1.62. The molecule has 1 amide bonds. The Labute approximate surface area is 143 Å². The van der Waals surface area contributed by atoms with E-state index in [0.29, 0.717) is 5.57 Å². The summed E-state index contributed by atoms with van der Waals surface area (Å²) in [6, 6.07) is 13.7. The summed E-state index contributed by atoms with van der Waals surface area (Å²) in [4.78, 5) is 17.2. The van der Waals surface area contributed by atoms with Gasteiger partial charge in [-0.15, -0.1) is 11.3 Å². The first-order chi connectivity index (χ1) is 11.8. The van der Waals surface area contributed by atoms with Crippen molar-refractivity contribution in [2.24, 2.45) is 0 Å². The van der Waals surface area contributed by atoms with E-state index in [0.717, 1.165) is 27.3 Å². The monoisotopic (exact) mass is 328 g/mol. The number of anilines is 1. The van der Waals surface area contributed by atoms with Crippen molar-refractivity contribution in [3.63, 3.8) is 0 Å². The highest BCUT2D eigenvalue weighted by Gasteiger charge is 2.23. The van der Waals surface area contributed by atoms with Crippen LogP contribution in [0.5, 0.6) is 0 Å². The molecule has 0 unspecified atom stereocenters. The molecule has 3 heterocycles. The van der Waals surface area contributed by atoms with Gasteiger partial charge in [0.15, 0.2) is 0 Å². The Kier molecular flexibility index (Phi) is 3.70. The van der Waals surface area contributed by atoms with Gasteiger partial charge in [0.1, 0.15) is 0 Å². The first-order valence-corrected chi connectivity index (χ1v) is 8.30. The number of hydrogen-bond donors (Lipinski definition) is 1. The van der Waals surface area contributed by atoms with E-state index in [1.54, 1.807) is 23.7 Å². The van der Waals surface area contributed by atoms with Gasteiger partial charge in [-0.05, 0) is 30.3 Å². The molecule has 0 atom stereocenters. The van der Waals surface area contributed by atoms with E-state index in [2.05, 4.69) is 22.1 Å². The van der Waals surface area contributed by atoms with E-state index in [1.807, 2.05) is 53.9 Å². The van der Waals surface area contributed by atoms with Gasteiger partial charge in [0.05, 0.1) is 17.5 Å². The number of rotatable bonds is 1. The third-order valence-electron chi connectivity index (χ3n) is 3.64. The molecule has 4 rings (SSSR count). The molecule has 1 N–H and O–H groups in total. The minimum atomic E-state index is -0.0941. The summed E-state index contributed by atoms with van der Waals surface area (Å²) in [5, 5.41) is 4.83. The summed E-state index contributed by atoms with van der Waals surface area (Å²) >= 11 is 1.57. The van der Waals surface area contributed by atoms with Crippen LogP contribution in [0.2, 0.25) is 0 Å². The zero-order chi connectivity index (χ0) is 16.4. The lowest BCUT2D eigenvalue weighted by Gasteiger charge is -1.95. The number of carbonyl (C=O) groups is 1. The fourth-order valence-corrected chi connectivity index (χ4v) is 3.26. The molecule has 1 aliphatic rings. The van der Waals surface area contributed by atoms with Gasteiger partial charge in [-0.3, -0.25) is 9.78 Å². The minimum absolute atomic E-state index is 0.0941. The fraction of sp³-hybridized carbons (Fsp3) is 0. The largest absolute Gasteiger partial charge is 0.320 e. The van der Waals surface area contributed by atoms with Crippen molar-refractivity contribution in [1.82, 2.24) is 4.98 Å². The van der Waals surface area contributed by atoms with E-state index < -0.39 is 0 Å². The van der Waals surface area contributed by atoms with Crippen molar-refractivity contribution >= 4 is 34.6 Å². The van der Waals surface area contributed by atoms with E-state index in [1.165, 1.54) is 0 Å². The molecule has 3 nitrogen and oxygen atoms in total. The van der Waals surface area contributed by atoms with Crippen molar-refractivity contribution in [2.45, 2.75) is 0 Å². The van der Waals surface area contributed by atoms with Crippen molar-refractivity contribution in [1.29, 1.82) is 0 Å². The zero-order valence-corrected chi connectivity index (χ0v) is 13.4. The van der Waals surface area contributed by atoms with Crippen LogP contribution < -0.4 is 5.32 Å². The van der Waals surface area contributed by atoms with Crippen LogP contribution in [0, 0.1) is 11.8 Å². The molecule has 24 heavy (non-hydrogen) atoms. The summed E-state index contributed by atoms with van der Waals surface area (Å²) in [7, 11) is 0. The van der Waals surface area contributed by atoms with Crippen LogP contribution >= 0.6 is 11.3 Å². The van der Waals surface area contributed by atoms with Crippen molar-refractivity contribution < 1.29 is 4.79 Å². The normalized spacial score (nSPS) is 14.0. The Bertz CT molecular complexity index is 1010. The standard InChI is InChI=1S/C20H12N2OS/c23-20-18(17-8-9-21-12-19(17)22-20)11-16-10-15(13-24-16)7-6-14-4-2-1-3-5-14/h1-5,8-13H,(H,22,23).